The molecule has 2 aromatic carbocycles. The number of nitro benzene ring substituents is 1. The fraction of sp³-hybridized carbons (Fsp3) is 0.176. The molecule has 1 atom stereocenters. The molecule has 0 heterocycles. The van der Waals surface area contributed by atoms with Crippen LogP contribution in [0.4, 0.5) is 11.4 Å². The number of nitrogens with one attached hydrogen (secondary N) is 2. The molecule has 2 N–H and O–H groups in total. The zero-order valence-electron chi connectivity index (χ0n) is 13.5. The Labute approximate surface area is 153 Å². The third kappa shape index (κ3) is 5.68. The highest BCUT2D eigenvalue weighted by atomic mass is 79.9. The predicted molar refractivity (Wildman–Crippen MR) is 101 cm³/mol. The summed E-state index contributed by atoms with van der Waals surface area (Å²) in [7, 11) is 0. The van der Waals surface area contributed by atoms with Crippen molar-refractivity contribution in [3.05, 3.63) is 68.7 Å². The summed E-state index contributed by atoms with van der Waals surface area (Å²) in [5, 5.41) is 17.6. The van der Waals surface area contributed by atoms with E-state index in [2.05, 4.69) is 31.8 Å². The highest BCUT2D eigenvalue weighted by Gasteiger charge is 2.15. The van der Waals surface area contributed by atoms with E-state index < -0.39 is 11.0 Å². The number of hydrogen-bond donors (Lipinski definition) is 2. The molecule has 8 heteroatoms. The van der Waals surface area contributed by atoms with Gasteiger partial charge in [-0.05, 0) is 48.4 Å². The first-order valence-corrected chi connectivity index (χ1v) is 8.38. The fourth-order valence-electron chi connectivity index (χ4n) is 2.03. The Balaban J connectivity index is 1.92. The molecular formula is C17H17BrN4O3. The standard InChI is InChI=1S/C17H17BrN4O3/c1-2-16(20-14-7-5-13(18)6-8-14)17(23)21-19-11-12-3-9-15(10-4-12)22(24)25/h3-11,16,20H,2H2,1H3,(H,21,23)/b19-11+. The van der Waals surface area contributed by atoms with Crippen LogP contribution in [0.25, 0.3) is 0 Å². The quantitative estimate of drug-likeness (QED) is 0.417. The molecule has 0 saturated heterocycles. The van der Waals surface area contributed by atoms with Gasteiger partial charge in [0.05, 0.1) is 11.1 Å². The van der Waals surface area contributed by atoms with E-state index in [9.17, 15) is 14.9 Å². The van der Waals surface area contributed by atoms with Gasteiger partial charge in [0.15, 0.2) is 0 Å². The van der Waals surface area contributed by atoms with Crippen molar-refractivity contribution >= 4 is 39.4 Å². The number of amides is 1. The van der Waals surface area contributed by atoms with Crippen LogP contribution in [0.3, 0.4) is 0 Å². The first-order chi connectivity index (χ1) is 12.0. The van der Waals surface area contributed by atoms with Crippen LogP contribution < -0.4 is 10.7 Å². The van der Waals surface area contributed by atoms with E-state index in [1.807, 2.05) is 31.2 Å². The SMILES string of the molecule is CCC(Nc1ccc(Br)cc1)C(=O)N/N=C/c1ccc([N+](=O)[O-])cc1. The van der Waals surface area contributed by atoms with E-state index in [0.29, 0.717) is 12.0 Å². The Morgan fingerprint density at radius 1 is 1.24 bits per heavy atom. The first-order valence-electron chi connectivity index (χ1n) is 7.59. The number of rotatable bonds is 7. The summed E-state index contributed by atoms with van der Waals surface area (Å²) in [4.78, 5) is 22.3. The Bertz CT molecular complexity index is 760. The van der Waals surface area contributed by atoms with Crippen molar-refractivity contribution in [2.45, 2.75) is 19.4 Å². The molecule has 2 aromatic rings. The molecule has 7 nitrogen and oxygen atoms in total. The Morgan fingerprint density at radius 3 is 2.44 bits per heavy atom. The van der Waals surface area contributed by atoms with Crippen molar-refractivity contribution in [2.75, 3.05) is 5.32 Å². The second-order valence-corrected chi connectivity index (χ2v) is 6.11. The number of carbonyl (C=O) groups excluding carboxylic acids is 1. The van der Waals surface area contributed by atoms with Gasteiger partial charge in [0.2, 0.25) is 0 Å². The number of benzene rings is 2. The van der Waals surface area contributed by atoms with Crippen molar-refractivity contribution in [2.24, 2.45) is 5.10 Å². The molecule has 0 aliphatic rings. The number of halogens is 1. The van der Waals surface area contributed by atoms with Crippen LogP contribution in [-0.4, -0.2) is 23.1 Å². The molecule has 130 valence electrons. The van der Waals surface area contributed by atoms with Crippen LogP contribution in [0.15, 0.2) is 58.1 Å². The average molecular weight is 405 g/mol. The van der Waals surface area contributed by atoms with Crippen molar-refractivity contribution in [1.82, 2.24) is 5.43 Å². The molecular weight excluding hydrogens is 388 g/mol. The highest BCUT2D eigenvalue weighted by molar-refractivity contribution is 9.10. The van der Waals surface area contributed by atoms with Crippen molar-refractivity contribution in [3.63, 3.8) is 0 Å². The lowest BCUT2D eigenvalue weighted by Crippen LogP contribution is -2.36. The Morgan fingerprint density at radius 2 is 1.88 bits per heavy atom. The third-order valence-corrected chi connectivity index (χ3v) is 3.93. The van der Waals surface area contributed by atoms with Gasteiger partial charge in [-0.2, -0.15) is 5.10 Å². The molecule has 0 aromatic heterocycles. The Hall–Kier alpha value is -2.74. The summed E-state index contributed by atoms with van der Waals surface area (Å²) in [6, 6.07) is 13.0. The number of hydrazone groups is 1. The average Bonchev–Trinajstić information content (AvgIpc) is 2.61. The highest BCUT2D eigenvalue weighted by Crippen LogP contribution is 2.15. The lowest BCUT2D eigenvalue weighted by molar-refractivity contribution is -0.384. The molecule has 2 rings (SSSR count). The maximum atomic E-state index is 12.2. The van der Waals surface area contributed by atoms with Crippen LogP contribution in [-0.2, 0) is 4.79 Å². The number of hydrogen-bond acceptors (Lipinski definition) is 5. The number of nitro groups is 1. The van der Waals surface area contributed by atoms with E-state index in [-0.39, 0.29) is 11.6 Å². The first kappa shape index (κ1) is 18.6. The number of carbonyl (C=O) groups is 1. The fourth-order valence-corrected chi connectivity index (χ4v) is 2.30. The molecule has 25 heavy (non-hydrogen) atoms. The second-order valence-electron chi connectivity index (χ2n) is 5.19. The van der Waals surface area contributed by atoms with E-state index in [0.717, 1.165) is 10.2 Å². The van der Waals surface area contributed by atoms with Gasteiger partial charge in [-0.25, -0.2) is 5.43 Å². The topological polar surface area (TPSA) is 96.6 Å². The maximum Gasteiger partial charge on any atom is 0.269 e. The van der Waals surface area contributed by atoms with Gasteiger partial charge in [0.25, 0.3) is 11.6 Å². The summed E-state index contributed by atoms with van der Waals surface area (Å²) in [6.07, 6.45) is 2.03. The minimum Gasteiger partial charge on any atom is -0.374 e. The van der Waals surface area contributed by atoms with Gasteiger partial charge in [-0.3, -0.25) is 14.9 Å². The van der Waals surface area contributed by atoms with Crippen LogP contribution >= 0.6 is 15.9 Å². The van der Waals surface area contributed by atoms with E-state index >= 15 is 0 Å². The molecule has 0 bridgehead atoms. The van der Waals surface area contributed by atoms with Gasteiger partial charge < -0.3 is 5.32 Å². The largest absolute Gasteiger partial charge is 0.374 e. The van der Waals surface area contributed by atoms with E-state index in [4.69, 9.17) is 0 Å². The number of nitrogens with zero attached hydrogens (tertiary/aromatic N) is 2. The molecule has 0 saturated carbocycles. The van der Waals surface area contributed by atoms with Crippen LogP contribution in [0, 0.1) is 10.1 Å². The van der Waals surface area contributed by atoms with Crippen LogP contribution in [0.1, 0.15) is 18.9 Å². The van der Waals surface area contributed by atoms with Gasteiger partial charge in [-0.15, -0.1) is 0 Å². The van der Waals surface area contributed by atoms with Crippen molar-refractivity contribution < 1.29 is 9.72 Å². The Kier molecular flexibility index (Phi) is 6.64. The molecule has 1 amide bonds. The lowest BCUT2D eigenvalue weighted by atomic mass is 10.2. The molecule has 0 fully saturated rings. The lowest BCUT2D eigenvalue weighted by Gasteiger charge is -2.16. The summed E-state index contributed by atoms with van der Waals surface area (Å²) in [6.45, 7) is 1.90. The van der Waals surface area contributed by atoms with Crippen LogP contribution in [0.2, 0.25) is 0 Å². The minimum absolute atomic E-state index is 0.00549. The van der Waals surface area contributed by atoms with Crippen molar-refractivity contribution in [3.8, 4) is 0 Å². The molecule has 1 unspecified atom stereocenters. The zero-order valence-corrected chi connectivity index (χ0v) is 15.1. The number of non-ortho nitro benzene ring substituents is 1. The molecule has 0 aliphatic heterocycles. The van der Waals surface area contributed by atoms with Gasteiger partial charge >= 0.3 is 0 Å². The van der Waals surface area contributed by atoms with Gasteiger partial charge in [0.1, 0.15) is 6.04 Å². The van der Waals surface area contributed by atoms with Gasteiger partial charge in [-0.1, -0.05) is 22.9 Å². The van der Waals surface area contributed by atoms with E-state index in [1.165, 1.54) is 18.3 Å². The summed E-state index contributed by atoms with van der Waals surface area (Å²) in [5.74, 6) is -0.261. The van der Waals surface area contributed by atoms with Crippen LogP contribution in [0.5, 0.6) is 0 Å². The smallest absolute Gasteiger partial charge is 0.269 e. The zero-order chi connectivity index (χ0) is 18.2. The normalized spacial score (nSPS) is 11.9. The van der Waals surface area contributed by atoms with E-state index in [1.54, 1.807) is 12.1 Å². The minimum atomic E-state index is -0.470. The monoisotopic (exact) mass is 404 g/mol. The van der Waals surface area contributed by atoms with Crippen molar-refractivity contribution in [1.29, 1.82) is 0 Å². The second kappa shape index (κ2) is 8.93. The summed E-state index contributed by atoms with van der Waals surface area (Å²) >= 11 is 3.36. The number of anilines is 1. The molecule has 0 spiro atoms. The maximum absolute atomic E-state index is 12.2. The predicted octanol–water partition coefficient (Wildman–Crippen LogP) is 3.70. The summed E-state index contributed by atoms with van der Waals surface area (Å²) < 4.78 is 0.961. The summed E-state index contributed by atoms with van der Waals surface area (Å²) in [5.41, 5.74) is 3.97. The molecule has 0 aliphatic carbocycles. The third-order valence-electron chi connectivity index (χ3n) is 3.40. The van der Waals surface area contributed by atoms with Gasteiger partial charge in [0, 0.05) is 22.3 Å². The molecule has 0 radical (unpaired) electrons.